The molecule has 1 heterocycles. The van der Waals surface area contributed by atoms with E-state index < -0.39 is 5.41 Å². The minimum absolute atomic E-state index is 0.116. The van der Waals surface area contributed by atoms with Crippen molar-refractivity contribution in [3.8, 4) is 5.75 Å². The molecule has 1 atom stereocenters. The van der Waals surface area contributed by atoms with E-state index in [9.17, 15) is 9.18 Å². The molecule has 2 fully saturated rings. The molecule has 32 heavy (non-hydrogen) atoms. The molecule has 0 bridgehead atoms. The summed E-state index contributed by atoms with van der Waals surface area (Å²) in [6.07, 6.45) is 6.90. The van der Waals surface area contributed by atoms with Crippen molar-refractivity contribution < 1.29 is 13.9 Å². The quantitative estimate of drug-likeness (QED) is 0.596. The Morgan fingerprint density at radius 2 is 1.84 bits per heavy atom. The number of likely N-dealkylation sites (tertiary alicyclic amines) is 1. The predicted molar refractivity (Wildman–Crippen MR) is 127 cm³/mol. The van der Waals surface area contributed by atoms with Gasteiger partial charge in [-0.1, -0.05) is 44.4 Å². The van der Waals surface area contributed by atoms with Crippen molar-refractivity contribution >= 4 is 11.6 Å². The van der Waals surface area contributed by atoms with Crippen molar-refractivity contribution in [2.24, 2.45) is 5.92 Å². The van der Waals surface area contributed by atoms with Crippen LogP contribution in [0.4, 0.5) is 10.1 Å². The molecule has 1 unspecified atom stereocenters. The van der Waals surface area contributed by atoms with Crippen molar-refractivity contribution in [2.45, 2.75) is 57.3 Å². The lowest BCUT2D eigenvalue weighted by Crippen LogP contribution is -2.42. The second-order valence-corrected chi connectivity index (χ2v) is 9.50. The van der Waals surface area contributed by atoms with Crippen LogP contribution < -0.4 is 10.1 Å². The van der Waals surface area contributed by atoms with Crippen LogP contribution in [-0.4, -0.2) is 37.0 Å². The Bertz CT molecular complexity index is 893. The Morgan fingerprint density at radius 3 is 2.56 bits per heavy atom. The molecule has 2 aliphatic rings. The average Bonchev–Trinajstić information content (AvgIpc) is 2.81. The first-order valence-electron chi connectivity index (χ1n) is 12.1. The zero-order chi connectivity index (χ0) is 22.4. The molecule has 2 aromatic rings. The summed E-state index contributed by atoms with van der Waals surface area (Å²) in [6, 6.07) is 14.2. The van der Waals surface area contributed by atoms with Gasteiger partial charge in [0.25, 0.3) is 0 Å². The molecule has 1 aliphatic carbocycles. The second kappa shape index (κ2) is 10.5. The number of hydrogen-bond acceptors (Lipinski definition) is 3. The Labute approximate surface area is 191 Å². The van der Waals surface area contributed by atoms with Crippen LogP contribution in [0.15, 0.2) is 48.5 Å². The van der Waals surface area contributed by atoms with Crippen LogP contribution in [0, 0.1) is 11.7 Å². The molecule has 2 aromatic carbocycles. The number of carbonyl (C=O) groups is 1. The van der Waals surface area contributed by atoms with Gasteiger partial charge in [-0.15, -0.1) is 0 Å². The highest BCUT2D eigenvalue weighted by molar-refractivity contribution is 5.99. The van der Waals surface area contributed by atoms with Crippen molar-refractivity contribution in [3.63, 3.8) is 0 Å². The molecule has 5 heteroatoms. The van der Waals surface area contributed by atoms with Crippen LogP contribution in [0.2, 0.25) is 0 Å². The van der Waals surface area contributed by atoms with Crippen molar-refractivity contribution in [1.82, 2.24) is 4.90 Å². The van der Waals surface area contributed by atoms with E-state index in [-0.39, 0.29) is 11.7 Å². The zero-order valence-electron chi connectivity index (χ0n) is 19.1. The molecule has 1 aliphatic heterocycles. The van der Waals surface area contributed by atoms with Gasteiger partial charge in [-0.25, -0.2) is 4.39 Å². The monoisotopic (exact) mass is 438 g/mol. The molecule has 0 aromatic heterocycles. The van der Waals surface area contributed by atoms with Crippen LogP contribution in [0.25, 0.3) is 0 Å². The Kier molecular flexibility index (Phi) is 7.46. The number of benzene rings is 2. The third-order valence-electron chi connectivity index (χ3n) is 7.06. The summed E-state index contributed by atoms with van der Waals surface area (Å²) in [4.78, 5) is 15.9. The molecular formula is C27H35FN2O2. The van der Waals surface area contributed by atoms with Gasteiger partial charge in [-0.2, -0.15) is 0 Å². The van der Waals surface area contributed by atoms with Gasteiger partial charge < -0.3 is 10.1 Å². The maximum absolute atomic E-state index is 14.6. The lowest BCUT2D eigenvalue weighted by molar-refractivity contribution is -0.122. The van der Waals surface area contributed by atoms with E-state index >= 15 is 0 Å². The summed E-state index contributed by atoms with van der Waals surface area (Å²) in [7, 11) is 0. The van der Waals surface area contributed by atoms with Gasteiger partial charge in [0.2, 0.25) is 5.91 Å². The number of nitrogens with one attached hydrogen (secondary N) is 1. The van der Waals surface area contributed by atoms with Crippen molar-refractivity contribution in [2.75, 3.05) is 31.6 Å². The number of piperidine rings is 1. The molecule has 1 saturated heterocycles. The molecule has 1 N–H and O–H groups in total. The standard InChI is InChI=1S/C27H35FN2O2/c1-21-8-7-17-30(20-21)18-19-32-23-13-11-22(12-14-23)29-26(31)27(15-5-2-6-16-27)24-9-3-4-10-25(24)28/h3-4,9-14,21H,2,5-8,15-20H2,1H3,(H,29,31). The number of halogens is 1. The van der Waals surface area contributed by atoms with E-state index in [1.807, 2.05) is 30.3 Å². The predicted octanol–water partition coefficient (Wildman–Crippen LogP) is 5.78. The van der Waals surface area contributed by atoms with Gasteiger partial charge >= 0.3 is 0 Å². The lowest BCUT2D eigenvalue weighted by Gasteiger charge is -2.36. The summed E-state index contributed by atoms with van der Waals surface area (Å²) in [5, 5.41) is 3.05. The topological polar surface area (TPSA) is 41.6 Å². The molecule has 4 rings (SSSR count). The molecule has 4 nitrogen and oxygen atoms in total. The number of hydrogen-bond donors (Lipinski definition) is 1. The fourth-order valence-corrected chi connectivity index (χ4v) is 5.29. The largest absolute Gasteiger partial charge is 0.492 e. The van der Waals surface area contributed by atoms with Crippen LogP contribution in [-0.2, 0) is 10.2 Å². The summed E-state index contributed by atoms with van der Waals surface area (Å²) < 4.78 is 20.6. The SMILES string of the molecule is CC1CCCN(CCOc2ccc(NC(=O)C3(c4ccccc4F)CCCCC3)cc2)C1. The number of amides is 1. The molecule has 1 amide bonds. The number of ether oxygens (including phenoxy) is 1. The van der Waals surface area contributed by atoms with Gasteiger partial charge in [0.1, 0.15) is 18.2 Å². The molecule has 0 spiro atoms. The van der Waals surface area contributed by atoms with E-state index in [1.165, 1.54) is 18.9 Å². The van der Waals surface area contributed by atoms with Gasteiger partial charge in [0.05, 0.1) is 5.41 Å². The number of rotatable bonds is 7. The van der Waals surface area contributed by atoms with E-state index in [1.54, 1.807) is 12.1 Å². The Hall–Kier alpha value is -2.40. The first kappa shape index (κ1) is 22.8. The lowest BCUT2D eigenvalue weighted by atomic mass is 9.68. The second-order valence-electron chi connectivity index (χ2n) is 9.50. The van der Waals surface area contributed by atoms with Crippen LogP contribution in [0.3, 0.4) is 0 Å². The molecule has 172 valence electrons. The number of nitrogens with zero attached hydrogens (tertiary/aromatic N) is 1. The average molecular weight is 439 g/mol. The van der Waals surface area contributed by atoms with Crippen LogP contribution in [0.5, 0.6) is 5.75 Å². The Morgan fingerprint density at radius 1 is 1.09 bits per heavy atom. The highest BCUT2D eigenvalue weighted by Gasteiger charge is 2.42. The van der Waals surface area contributed by atoms with Gasteiger partial charge in [-0.05, 0) is 68.5 Å². The first-order chi connectivity index (χ1) is 15.6. The fourth-order valence-electron chi connectivity index (χ4n) is 5.29. The van der Waals surface area contributed by atoms with Crippen LogP contribution in [0.1, 0.15) is 57.4 Å². The molecule has 1 saturated carbocycles. The maximum Gasteiger partial charge on any atom is 0.235 e. The van der Waals surface area contributed by atoms with Crippen LogP contribution >= 0.6 is 0 Å². The zero-order valence-corrected chi connectivity index (χ0v) is 19.1. The smallest absolute Gasteiger partial charge is 0.235 e. The summed E-state index contributed by atoms with van der Waals surface area (Å²) >= 11 is 0. The molecule has 0 radical (unpaired) electrons. The fraction of sp³-hybridized carbons (Fsp3) is 0.519. The minimum atomic E-state index is -0.801. The third kappa shape index (κ3) is 5.32. The van der Waals surface area contributed by atoms with E-state index in [4.69, 9.17) is 4.74 Å². The summed E-state index contributed by atoms with van der Waals surface area (Å²) in [6.45, 7) is 6.22. The third-order valence-corrected chi connectivity index (χ3v) is 7.06. The first-order valence-corrected chi connectivity index (χ1v) is 12.1. The van der Waals surface area contributed by atoms with E-state index in [0.29, 0.717) is 30.7 Å². The van der Waals surface area contributed by atoms with E-state index in [0.717, 1.165) is 50.6 Å². The van der Waals surface area contributed by atoms with Gasteiger partial charge in [0.15, 0.2) is 0 Å². The van der Waals surface area contributed by atoms with E-state index in [2.05, 4.69) is 17.1 Å². The number of anilines is 1. The van der Waals surface area contributed by atoms with Crippen molar-refractivity contribution in [3.05, 3.63) is 59.9 Å². The van der Waals surface area contributed by atoms with Gasteiger partial charge in [0, 0.05) is 24.3 Å². The Balaban J connectivity index is 1.36. The number of carbonyl (C=O) groups excluding carboxylic acids is 1. The van der Waals surface area contributed by atoms with Gasteiger partial charge in [-0.3, -0.25) is 9.69 Å². The van der Waals surface area contributed by atoms with Crippen molar-refractivity contribution in [1.29, 1.82) is 0 Å². The normalized spacial score (nSPS) is 21.1. The summed E-state index contributed by atoms with van der Waals surface area (Å²) in [5.74, 6) is 1.16. The minimum Gasteiger partial charge on any atom is -0.492 e. The molecular weight excluding hydrogens is 403 g/mol. The maximum atomic E-state index is 14.6. The highest BCUT2D eigenvalue weighted by Crippen LogP contribution is 2.41. The highest BCUT2D eigenvalue weighted by atomic mass is 19.1. The summed E-state index contributed by atoms with van der Waals surface area (Å²) in [5.41, 5.74) is 0.433.